The lowest BCUT2D eigenvalue weighted by atomic mass is 10.0. The summed E-state index contributed by atoms with van der Waals surface area (Å²) >= 11 is 10.8. The molecule has 30 heavy (non-hydrogen) atoms. The monoisotopic (exact) mass is 641 g/mol. The summed E-state index contributed by atoms with van der Waals surface area (Å²) in [5.74, 6) is 1.35. The molecular weight excluding hydrogens is 624 g/mol. The summed E-state index contributed by atoms with van der Waals surface area (Å²) in [5, 5.41) is 10.2. The Morgan fingerprint density at radius 2 is 1.80 bits per heavy atom. The molecule has 0 amide bonds. The van der Waals surface area contributed by atoms with E-state index in [4.69, 9.17) is 21.1 Å². The van der Waals surface area contributed by atoms with Gasteiger partial charge in [-0.05, 0) is 99.6 Å². The average Bonchev–Trinajstić information content (AvgIpc) is 2.73. The van der Waals surface area contributed by atoms with Gasteiger partial charge in [-0.25, -0.2) is 0 Å². The molecule has 3 aromatic carbocycles. The molecule has 0 saturated carbocycles. The maximum absolute atomic E-state index is 9.66. The highest BCUT2D eigenvalue weighted by Gasteiger charge is 2.13. The summed E-state index contributed by atoms with van der Waals surface area (Å²) in [4.78, 5) is 0. The SMILES string of the molecule is CCOc1cc(C=C(C#N)c2ccccc2Cl)cc(I)c1OCc1ccc(I)cc1. The molecule has 0 N–H and O–H groups in total. The van der Waals surface area contributed by atoms with E-state index in [9.17, 15) is 5.26 Å². The molecule has 0 aliphatic heterocycles. The van der Waals surface area contributed by atoms with Gasteiger partial charge in [0.1, 0.15) is 6.61 Å². The Morgan fingerprint density at radius 3 is 2.47 bits per heavy atom. The predicted molar refractivity (Wildman–Crippen MR) is 139 cm³/mol. The number of ether oxygens (including phenoxy) is 2. The number of nitrogens with zero attached hydrogens (tertiary/aromatic N) is 1. The minimum atomic E-state index is 0.450. The first-order valence-electron chi connectivity index (χ1n) is 9.22. The van der Waals surface area contributed by atoms with Gasteiger partial charge in [0.2, 0.25) is 0 Å². The van der Waals surface area contributed by atoms with Crippen molar-refractivity contribution in [1.82, 2.24) is 0 Å². The number of nitriles is 1. The Hall–Kier alpha value is -1.76. The molecule has 3 aromatic rings. The molecule has 0 radical (unpaired) electrons. The number of benzene rings is 3. The van der Waals surface area contributed by atoms with E-state index >= 15 is 0 Å². The lowest BCUT2D eigenvalue weighted by molar-refractivity contribution is 0.267. The molecule has 0 bridgehead atoms. The molecule has 0 unspecified atom stereocenters. The van der Waals surface area contributed by atoms with E-state index in [1.54, 1.807) is 6.07 Å². The molecule has 3 rings (SSSR count). The molecule has 0 spiro atoms. The molecule has 0 aromatic heterocycles. The molecule has 0 atom stereocenters. The standard InChI is InChI=1S/C24H18ClI2NO2/c1-2-29-23-13-17(11-18(14-28)20-5-3-4-6-21(20)25)12-22(27)24(23)30-15-16-7-9-19(26)10-8-16/h3-13H,2,15H2,1H3. The highest BCUT2D eigenvalue weighted by molar-refractivity contribution is 14.1. The van der Waals surface area contributed by atoms with Gasteiger partial charge in [-0.3, -0.25) is 0 Å². The van der Waals surface area contributed by atoms with Crippen LogP contribution in [0.3, 0.4) is 0 Å². The largest absolute Gasteiger partial charge is 0.490 e. The lowest BCUT2D eigenvalue weighted by Crippen LogP contribution is -2.02. The van der Waals surface area contributed by atoms with Gasteiger partial charge in [-0.15, -0.1) is 0 Å². The van der Waals surface area contributed by atoms with Crippen LogP contribution in [0.5, 0.6) is 11.5 Å². The van der Waals surface area contributed by atoms with E-state index in [-0.39, 0.29) is 0 Å². The zero-order valence-corrected chi connectivity index (χ0v) is 21.2. The van der Waals surface area contributed by atoms with Crippen molar-refractivity contribution in [2.24, 2.45) is 0 Å². The van der Waals surface area contributed by atoms with Gasteiger partial charge in [0, 0.05) is 14.2 Å². The predicted octanol–water partition coefficient (Wildman–Crippen LogP) is 7.59. The van der Waals surface area contributed by atoms with E-state index in [2.05, 4.69) is 75.5 Å². The minimum absolute atomic E-state index is 0.450. The van der Waals surface area contributed by atoms with Crippen LogP contribution in [0.2, 0.25) is 5.02 Å². The summed E-state index contributed by atoms with van der Waals surface area (Å²) in [5.41, 5.74) is 3.13. The van der Waals surface area contributed by atoms with Crippen molar-refractivity contribution < 1.29 is 9.47 Å². The Kier molecular flexibility index (Phi) is 8.42. The van der Waals surface area contributed by atoms with Crippen LogP contribution in [0.25, 0.3) is 11.6 Å². The average molecular weight is 642 g/mol. The fourth-order valence-corrected chi connectivity index (χ4v) is 4.21. The highest BCUT2D eigenvalue weighted by atomic mass is 127. The molecule has 6 heteroatoms. The smallest absolute Gasteiger partial charge is 0.175 e. The molecule has 0 saturated heterocycles. The molecule has 3 nitrogen and oxygen atoms in total. The topological polar surface area (TPSA) is 42.2 Å². The highest BCUT2D eigenvalue weighted by Crippen LogP contribution is 2.36. The van der Waals surface area contributed by atoms with Gasteiger partial charge < -0.3 is 9.47 Å². The molecule has 0 fully saturated rings. The Bertz CT molecular complexity index is 1110. The van der Waals surface area contributed by atoms with Crippen LogP contribution in [0.15, 0.2) is 60.7 Å². The van der Waals surface area contributed by atoms with Gasteiger partial charge in [0.05, 0.1) is 21.8 Å². The van der Waals surface area contributed by atoms with E-state index < -0.39 is 0 Å². The van der Waals surface area contributed by atoms with Gasteiger partial charge in [-0.2, -0.15) is 5.26 Å². The minimum Gasteiger partial charge on any atom is -0.490 e. The van der Waals surface area contributed by atoms with Crippen LogP contribution < -0.4 is 9.47 Å². The van der Waals surface area contributed by atoms with Crippen molar-refractivity contribution in [1.29, 1.82) is 5.26 Å². The first-order chi connectivity index (χ1) is 14.5. The normalized spacial score (nSPS) is 11.1. The Morgan fingerprint density at radius 1 is 1.07 bits per heavy atom. The fourth-order valence-electron chi connectivity index (χ4n) is 2.83. The van der Waals surface area contributed by atoms with Crippen molar-refractivity contribution in [3.8, 4) is 17.6 Å². The van der Waals surface area contributed by atoms with Crippen molar-refractivity contribution in [3.05, 3.63) is 89.5 Å². The van der Waals surface area contributed by atoms with E-state index in [1.807, 2.05) is 43.3 Å². The summed E-state index contributed by atoms with van der Waals surface area (Å²) in [7, 11) is 0. The van der Waals surface area contributed by atoms with Crippen LogP contribution in [0.4, 0.5) is 0 Å². The van der Waals surface area contributed by atoms with Gasteiger partial charge >= 0.3 is 0 Å². The van der Waals surface area contributed by atoms with Crippen LogP contribution in [-0.4, -0.2) is 6.61 Å². The number of halogens is 3. The second kappa shape index (κ2) is 11.0. The number of rotatable bonds is 7. The van der Waals surface area contributed by atoms with Crippen molar-refractivity contribution in [3.63, 3.8) is 0 Å². The van der Waals surface area contributed by atoms with E-state index in [1.165, 1.54) is 3.57 Å². The molecule has 152 valence electrons. The number of allylic oxidation sites excluding steroid dienone is 1. The second-order valence-corrected chi connectivity index (χ2v) is 9.14. The first kappa shape index (κ1) is 22.9. The summed E-state index contributed by atoms with van der Waals surface area (Å²) in [6.45, 7) is 2.90. The molecule has 0 aliphatic carbocycles. The summed E-state index contributed by atoms with van der Waals surface area (Å²) in [6, 6.07) is 21.6. The fraction of sp³-hybridized carbons (Fsp3) is 0.125. The lowest BCUT2D eigenvalue weighted by Gasteiger charge is -2.15. The Labute approximate surface area is 208 Å². The second-order valence-electron chi connectivity index (χ2n) is 6.33. The van der Waals surface area contributed by atoms with Crippen molar-refractivity contribution >= 4 is 68.4 Å². The third kappa shape index (κ3) is 5.90. The van der Waals surface area contributed by atoms with Gasteiger partial charge in [0.15, 0.2) is 11.5 Å². The number of hydrogen-bond acceptors (Lipinski definition) is 3. The zero-order valence-electron chi connectivity index (χ0n) is 16.2. The first-order valence-corrected chi connectivity index (χ1v) is 11.8. The van der Waals surface area contributed by atoms with Crippen LogP contribution in [0.1, 0.15) is 23.6 Å². The van der Waals surface area contributed by atoms with E-state index in [0.29, 0.717) is 40.9 Å². The molecule has 0 heterocycles. The van der Waals surface area contributed by atoms with Crippen molar-refractivity contribution in [2.45, 2.75) is 13.5 Å². The van der Waals surface area contributed by atoms with Crippen LogP contribution >= 0.6 is 56.8 Å². The van der Waals surface area contributed by atoms with Crippen LogP contribution in [0, 0.1) is 18.5 Å². The van der Waals surface area contributed by atoms with Crippen LogP contribution in [-0.2, 0) is 6.61 Å². The number of hydrogen-bond donors (Lipinski definition) is 0. The summed E-state index contributed by atoms with van der Waals surface area (Å²) in [6.07, 6.45) is 1.81. The molecule has 0 aliphatic rings. The third-order valence-corrected chi connectivity index (χ3v) is 6.07. The zero-order chi connectivity index (χ0) is 21.5. The summed E-state index contributed by atoms with van der Waals surface area (Å²) < 4.78 is 14.0. The maximum Gasteiger partial charge on any atom is 0.175 e. The Balaban J connectivity index is 1.93. The van der Waals surface area contributed by atoms with Crippen molar-refractivity contribution in [2.75, 3.05) is 6.61 Å². The van der Waals surface area contributed by atoms with Gasteiger partial charge in [0.25, 0.3) is 0 Å². The molecular formula is C24H18ClI2NO2. The van der Waals surface area contributed by atoms with E-state index in [0.717, 1.165) is 14.7 Å². The maximum atomic E-state index is 9.66. The third-order valence-electron chi connectivity index (χ3n) is 4.22. The van der Waals surface area contributed by atoms with Gasteiger partial charge in [-0.1, -0.05) is 41.9 Å². The quantitative estimate of drug-likeness (QED) is 0.152.